The van der Waals surface area contributed by atoms with Gasteiger partial charge in [0, 0.05) is 45.3 Å². The third kappa shape index (κ3) is 5.19. The van der Waals surface area contributed by atoms with Crippen LogP contribution in [-0.2, 0) is 4.79 Å². The second-order valence-electron chi connectivity index (χ2n) is 8.56. The average molecular weight is 454 g/mol. The number of nitrogens with zero attached hydrogens (tertiary/aromatic N) is 5. The summed E-state index contributed by atoms with van der Waals surface area (Å²) in [5.41, 5.74) is 1.83. The van der Waals surface area contributed by atoms with Crippen molar-refractivity contribution in [3.63, 3.8) is 0 Å². The summed E-state index contributed by atoms with van der Waals surface area (Å²) < 4.78 is 6.19. The molecule has 1 amide bonds. The van der Waals surface area contributed by atoms with Crippen molar-refractivity contribution in [2.24, 2.45) is 0 Å². The van der Waals surface area contributed by atoms with Crippen LogP contribution in [0.4, 0.5) is 17.1 Å². The fourth-order valence-corrected chi connectivity index (χ4v) is 4.60. The SMILES string of the molecule is CCN1C[C@@H](CN(C)CC(=O)N2CCN(c3ccccc3[N+](=O)[O-])CC2)Oc2ccccc21. The first-order chi connectivity index (χ1) is 16.0. The third-order valence-electron chi connectivity index (χ3n) is 6.28. The van der Waals surface area contributed by atoms with E-state index in [4.69, 9.17) is 4.74 Å². The number of ether oxygens (including phenoxy) is 1. The van der Waals surface area contributed by atoms with Crippen molar-refractivity contribution in [3.8, 4) is 5.75 Å². The Bertz CT molecular complexity index is 992. The monoisotopic (exact) mass is 453 g/mol. The zero-order valence-electron chi connectivity index (χ0n) is 19.2. The molecule has 4 rings (SSSR count). The summed E-state index contributed by atoms with van der Waals surface area (Å²) in [6, 6.07) is 14.8. The molecular weight excluding hydrogens is 422 g/mol. The van der Waals surface area contributed by atoms with Crippen LogP contribution in [0.2, 0.25) is 0 Å². The van der Waals surface area contributed by atoms with Gasteiger partial charge in [0.1, 0.15) is 17.5 Å². The second-order valence-corrected chi connectivity index (χ2v) is 8.56. The standard InChI is InChI=1S/C24H31N5O4/c1-3-26-17-19(33-23-11-7-6-10-22(23)26)16-25(2)18-24(30)28-14-12-27(13-15-28)20-8-4-5-9-21(20)29(31)32/h4-11,19H,3,12-18H2,1-2H3/t19-/m1/s1. The maximum absolute atomic E-state index is 12.9. The molecule has 9 heteroatoms. The zero-order chi connectivity index (χ0) is 23.4. The maximum Gasteiger partial charge on any atom is 0.292 e. The number of nitro groups is 1. The van der Waals surface area contributed by atoms with E-state index < -0.39 is 0 Å². The number of fused-ring (bicyclic) bond motifs is 1. The minimum Gasteiger partial charge on any atom is -0.485 e. The molecule has 0 spiro atoms. The Hall–Kier alpha value is -3.33. The number of anilines is 2. The molecule has 0 saturated carbocycles. The number of benzene rings is 2. The first-order valence-corrected chi connectivity index (χ1v) is 11.4. The predicted molar refractivity (Wildman–Crippen MR) is 128 cm³/mol. The van der Waals surface area contributed by atoms with Crippen LogP contribution < -0.4 is 14.5 Å². The Labute approximate surface area is 194 Å². The molecule has 0 bridgehead atoms. The molecule has 176 valence electrons. The lowest BCUT2D eigenvalue weighted by Gasteiger charge is -2.38. The van der Waals surface area contributed by atoms with E-state index in [1.165, 1.54) is 6.07 Å². The molecule has 0 radical (unpaired) electrons. The van der Waals surface area contributed by atoms with E-state index in [0.29, 0.717) is 45.0 Å². The Morgan fingerprint density at radius 1 is 1.09 bits per heavy atom. The van der Waals surface area contributed by atoms with Gasteiger partial charge in [0.15, 0.2) is 0 Å². The maximum atomic E-state index is 12.9. The van der Waals surface area contributed by atoms with E-state index in [2.05, 4.69) is 17.9 Å². The van der Waals surface area contributed by atoms with E-state index in [1.807, 2.05) is 39.9 Å². The van der Waals surface area contributed by atoms with E-state index >= 15 is 0 Å². The van der Waals surface area contributed by atoms with E-state index in [9.17, 15) is 14.9 Å². The highest BCUT2D eigenvalue weighted by Crippen LogP contribution is 2.33. The van der Waals surface area contributed by atoms with Crippen molar-refractivity contribution in [1.82, 2.24) is 9.80 Å². The van der Waals surface area contributed by atoms with Gasteiger partial charge in [-0.05, 0) is 32.2 Å². The molecule has 1 atom stereocenters. The van der Waals surface area contributed by atoms with E-state index in [0.717, 1.165) is 24.5 Å². The minimum absolute atomic E-state index is 0.00636. The Balaban J connectivity index is 1.29. The van der Waals surface area contributed by atoms with Gasteiger partial charge in [-0.25, -0.2) is 0 Å². The van der Waals surface area contributed by atoms with Gasteiger partial charge in [-0.2, -0.15) is 0 Å². The van der Waals surface area contributed by atoms with Crippen LogP contribution in [0.1, 0.15) is 6.92 Å². The second kappa shape index (κ2) is 10.1. The number of piperazine rings is 1. The summed E-state index contributed by atoms with van der Waals surface area (Å²) in [6.07, 6.45) is -0.00636. The third-order valence-corrected chi connectivity index (χ3v) is 6.28. The predicted octanol–water partition coefficient (Wildman–Crippen LogP) is 2.46. The molecule has 0 unspecified atom stereocenters. The number of likely N-dealkylation sites (N-methyl/N-ethyl adjacent to an activating group) is 2. The van der Waals surface area contributed by atoms with Crippen molar-refractivity contribution < 1.29 is 14.5 Å². The molecule has 1 saturated heterocycles. The lowest BCUT2D eigenvalue weighted by molar-refractivity contribution is -0.384. The van der Waals surface area contributed by atoms with Crippen LogP contribution in [0.15, 0.2) is 48.5 Å². The summed E-state index contributed by atoms with van der Waals surface area (Å²) in [5.74, 6) is 0.963. The highest BCUT2D eigenvalue weighted by atomic mass is 16.6. The Morgan fingerprint density at radius 3 is 2.45 bits per heavy atom. The summed E-state index contributed by atoms with van der Waals surface area (Å²) in [7, 11) is 1.95. The van der Waals surface area contributed by atoms with Gasteiger partial charge in [-0.15, -0.1) is 0 Å². The Kier molecular flexibility index (Phi) is 6.98. The number of nitro benzene ring substituents is 1. The fraction of sp³-hybridized carbons (Fsp3) is 0.458. The molecule has 2 aliphatic heterocycles. The van der Waals surface area contributed by atoms with Gasteiger partial charge in [0.05, 0.1) is 23.7 Å². The molecular formula is C24H31N5O4. The number of para-hydroxylation sites is 4. The van der Waals surface area contributed by atoms with Gasteiger partial charge in [0.2, 0.25) is 5.91 Å². The molecule has 0 aliphatic carbocycles. The van der Waals surface area contributed by atoms with Crippen LogP contribution in [-0.4, -0.2) is 86.1 Å². The first-order valence-electron chi connectivity index (χ1n) is 11.4. The molecule has 0 aromatic heterocycles. The van der Waals surface area contributed by atoms with Gasteiger partial charge in [-0.1, -0.05) is 24.3 Å². The topological polar surface area (TPSA) is 82.4 Å². The zero-order valence-corrected chi connectivity index (χ0v) is 19.2. The molecule has 33 heavy (non-hydrogen) atoms. The molecule has 2 aromatic carbocycles. The molecule has 9 nitrogen and oxygen atoms in total. The largest absolute Gasteiger partial charge is 0.485 e. The first kappa shape index (κ1) is 22.8. The average Bonchev–Trinajstić information content (AvgIpc) is 2.83. The van der Waals surface area contributed by atoms with Gasteiger partial charge >= 0.3 is 0 Å². The summed E-state index contributed by atoms with van der Waals surface area (Å²) in [5, 5.41) is 11.3. The lowest BCUT2D eigenvalue weighted by atomic mass is 10.2. The highest BCUT2D eigenvalue weighted by Gasteiger charge is 2.28. The summed E-state index contributed by atoms with van der Waals surface area (Å²) >= 11 is 0. The lowest BCUT2D eigenvalue weighted by Crippen LogP contribution is -2.52. The number of rotatable bonds is 7. The molecule has 0 N–H and O–H groups in total. The van der Waals surface area contributed by atoms with Crippen LogP contribution in [0.25, 0.3) is 0 Å². The number of hydrogen-bond donors (Lipinski definition) is 0. The van der Waals surface area contributed by atoms with Gasteiger partial charge < -0.3 is 19.4 Å². The van der Waals surface area contributed by atoms with Gasteiger partial charge in [-0.3, -0.25) is 19.8 Å². The van der Waals surface area contributed by atoms with E-state index in [1.54, 1.807) is 18.2 Å². The fourth-order valence-electron chi connectivity index (χ4n) is 4.60. The molecule has 2 heterocycles. The summed E-state index contributed by atoms with van der Waals surface area (Å²) in [6.45, 7) is 7.07. The van der Waals surface area contributed by atoms with Crippen LogP contribution in [0.5, 0.6) is 5.75 Å². The summed E-state index contributed by atoms with van der Waals surface area (Å²) in [4.78, 5) is 32.0. The van der Waals surface area contributed by atoms with E-state index in [-0.39, 0.29) is 22.6 Å². The highest BCUT2D eigenvalue weighted by molar-refractivity contribution is 5.78. The number of carbonyl (C=O) groups excluding carboxylic acids is 1. The number of amides is 1. The van der Waals surface area contributed by atoms with Crippen molar-refractivity contribution in [2.75, 3.05) is 69.2 Å². The van der Waals surface area contributed by atoms with Gasteiger partial charge in [0.25, 0.3) is 5.69 Å². The number of hydrogen-bond acceptors (Lipinski definition) is 7. The van der Waals surface area contributed by atoms with Crippen LogP contribution in [0, 0.1) is 10.1 Å². The molecule has 2 aliphatic rings. The van der Waals surface area contributed by atoms with Crippen molar-refractivity contribution in [3.05, 3.63) is 58.6 Å². The van der Waals surface area contributed by atoms with Crippen molar-refractivity contribution in [1.29, 1.82) is 0 Å². The van der Waals surface area contributed by atoms with Crippen molar-refractivity contribution >= 4 is 23.0 Å². The smallest absolute Gasteiger partial charge is 0.292 e. The normalized spacial score (nSPS) is 18.2. The number of carbonyl (C=O) groups is 1. The quantitative estimate of drug-likeness (QED) is 0.470. The van der Waals surface area contributed by atoms with Crippen molar-refractivity contribution in [2.45, 2.75) is 13.0 Å². The Morgan fingerprint density at radius 2 is 1.76 bits per heavy atom. The molecule has 1 fully saturated rings. The van der Waals surface area contributed by atoms with Crippen LogP contribution >= 0.6 is 0 Å². The minimum atomic E-state index is -0.354. The van der Waals surface area contributed by atoms with Crippen LogP contribution in [0.3, 0.4) is 0 Å². The molecule has 2 aromatic rings.